The Kier molecular flexibility index (Phi) is 6.68. The summed E-state index contributed by atoms with van der Waals surface area (Å²) in [6.45, 7) is 3.31. The Morgan fingerprint density at radius 1 is 0.800 bits per heavy atom. The first-order chi connectivity index (χ1) is 16.8. The maximum atomic E-state index is 13.1. The zero-order valence-electron chi connectivity index (χ0n) is 19.3. The lowest BCUT2D eigenvalue weighted by molar-refractivity contribution is -0.153. The van der Waals surface area contributed by atoms with Crippen LogP contribution in [0.2, 0.25) is 0 Å². The smallest absolute Gasteiger partial charge is 0.307 e. The summed E-state index contributed by atoms with van der Waals surface area (Å²) < 4.78 is 5.18. The summed E-state index contributed by atoms with van der Waals surface area (Å²) in [4.78, 5) is 63.1. The molecule has 0 spiro atoms. The summed E-state index contributed by atoms with van der Waals surface area (Å²) in [5.74, 6) is -2.22. The van der Waals surface area contributed by atoms with Crippen LogP contribution in [0.1, 0.15) is 67.5 Å². The van der Waals surface area contributed by atoms with Gasteiger partial charge in [0.2, 0.25) is 0 Å². The fourth-order valence-corrected chi connectivity index (χ4v) is 3.89. The van der Waals surface area contributed by atoms with Crippen LogP contribution in [0.5, 0.6) is 0 Å². The van der Waals surface area contributed by atoms with Gasteiger partial charge >= 0.3 is 5.97 Å². The van der Waals surface area contributed by atoms with E-state index in [4.69, 9.17) is 4.74 Å². The van der Waals surface area contributed by atoms with Gasteiger partial charge < -0.3 is 10.1 Å². The quantitative estimate of drug-likeness (QED) is 0.319. The maximum absolute atomic E-state index is 13.1. The highest BCUT2D eigenvalue weighted by molar-refractivity contribution is 6.30. The molecule has 0 fully saturated rings. The summed E-state index contributed by atoms with van der Waals surface area (Å²) >= 11 is 0. The fourth-order valence-electron chi connectivity index (χ4n) is 3.89. The van der Waals surface area contributed by atoms with E-state index < -0.39 is 18.0 Å². The van der Waals surface area contributed by atoms with Crippen LogP contribution in [0.25, 0.3) is 0 Å². The predicted molar refractivity (Wildman–Crippen MR) is 129 cm³/mol. The third-order valence-electron chi connectivity index (χ3n) is 5.82. The number of hydrogen-bond acceptors (Lipinski definition) is 6. The van der Waals surface area contributed by atoms with Gasteiger partial charge in [-0.05, 0) is 19.9 Å². The van der Waals surface area contributed by atoms with E-state index in [1.165, 1.54) is 19.1 Å². The van der Waals surface area contributed by atoms with Crippen molar-refractivity contribution in [2.75, 3.05) is 5.32 Å². The van der Waals surface area contributed by atoms with Crippen molar-refractivity contribution in [3.8, 4) is 0 Å². The van der Waals surface area contributed by atoms with Crippen molar-refractivity contribution in [2.24, 2.45) is 0 Å². The van der Waals surface area contributed by atoms with Gasteiger partial charge in [-0.3, -0.25) is 24.0 Å². The van der Waals surface area contributed by atoms with Crippen molar-refractivity contribution in [1.82, 2.24) is 0 Å². The number of ether oxygens (including phenoxy) is 1. The molecular weight excluding hydrogens is 446 g/mol. The molecule has 1 N–H and O–H groups in total. The maximum Gasteiger partial charge on any atom is 0.307 e. The van der Waals surface area contributed by atoms with E-state index in [1.807, 2.05) is 19.1 Å². The lowest BCUT2D eigenvalue weighted by atomic mass is 9.83. The Labute approximate surface area is 202 Å². The third-order valence-corrected chi connectivity index (χ3v) is 5.82. The SMILES string of the molecule is Cc1ccc(C(=O)CCC(=O)OC(C)C(=O)Nc2cccc3c2C(=O)c2ccccc2C3=O)cc1. The van der Waals surface area contributed by atoms with Gasteiger partial charge in [-0.1, -0.05) is 66.2 Å². The molecule has 176 valence electrons. The van der Waals surface area contributed by atoms with E-state index in [9.17, 15) is 24.0 Å². The van der Waals surface area contributed by atoms with Gasteiger partial charge in [-0.25, -0.2) is 0 Å². The molecule has 3 aromatic rings. The van der Waals surface area contributed by atoms with Crippen molar-refractivity contribution in [3.63, 3.8) is 0 Å². The first kappa shape index (κ1) is 23.8. The molecule has 0 radical (unpaired) electrons. The van der Waals surface area contributed by atoms with E-state index in [1.54, 1.807) is 42.5 Å². The molecule has 0 saturated carbocycles. The molecule has 1 aliphatic rings. The van der Waals surface area contributed by atoms with Gasteiger partial charge in [0.1, 0.15) is 0 Å². The second kappa shape index (κ2) is 9.85. The van der Waals surface area contributed by atoms with Gasteiger partial charge in [-0.15, -0.1) is 0 Å². The molecule has 1 atom stereocenters. The molecule has 3 aromatic carbocycles. The van der Waals surface area contributed by atoms with E-state index in [-0.39, 0.29) is 52.6 Å². The highest BCUT2D eigenvalue weighted by Gasteiger charge is 2.32. The Balaban J connectivity index is 1.40. The van der Waals surface area contributed by atoms with Gasteiger partial charge in [0.15, 0.2) is 23.5 Å². The second-order valence-corrected chi connectivity index (χ2v) is 8.34. The van der Waals surface area contributed by atoms with Crippen LogP contribution >= 0.6 is 0 Å². The number of benzene rings is 3. The van der Waals surface area contributed by atoms with E-state index >= 15 is 0 Å². The van der Waals surface area contributed by atoms with Crippen LogP contribution in [0.4, 0.5) is 5.69 Å². The summed E-state index contributed by atoms with van der Waals surface area (Å²) in [7, 11) is 0. The van der Waals surface area contributed by atoms with Crippen molar-refractivity contribution >= 4 is 34.9 Å². The molecule has 1 unspecified atom stereocenters. The molecule has 4 rings (SSSR count). The van der Waals surface area contributed by atoms with Crippen molar-refractivity contribution in [3.05, 3.63) is 100 Å². The number of Topliss-reactive ketones (excluding diaryl/α,β-unsaturated/α-hetero) is 1. The number of ketones is 3. The number of carbonyl (C=O) groups is 5. The molecule has 7 nitrogen and oxygen atoms in total. The van der Waals surface area contributed by atoms with Gasteiger partial charge in [0, 0.05) is 28.7 Å². The Morgan fingerprint density at radius 3 is 2.11 bits per heavy atom. The number of amides is 1. The standard InChI is InChI=1S/C28H23NO6/c1-16-10-12-18(13-11-16)23(30)14-15-24(31)35-17(2)28(34)29-22-9-5-8-21-25(22)27(33)20-7-4-3-6-19(20)26(21)32/h3-13,17H,14-15H2,1-2H3,(H,29,34). The average Bonchev–Trinajstić information content (AvgIpc) is 2.86. The molecule has 7 heteroatoms. The number of esters is 1. The number of anilines is 1. The lowest BCUT2D eigenvalue weighted by Crippen LogP contribution is -2.31. The average molecular weight is 469 g/mol. The van der Waals surface area contributed by atoms with Gasteiger partial charge in [0.05, 0.1) is 17.7 Å². The van der Waals surface area contributed by atoms with Crippen LogP contribution in [-0.4, -0.2) is 35.3 Å². The highest BCUT2D eigenvalue weighted by atomic mass is 16.5. The first-order valence-electron chi connectivity index (χ1n) is 11.2. The van der Waals surface area contributed by atoms with E-state index in [2.05, 4.69) is 5.32 Å². The number of rotatable bonds is 7. The van der Waals surface area contributed by atoms with E-state index in [0.717, 1.165) is 5.56 Å². The largest absolute Gasteiger partial charge is 0.453 e. The molecule has 0 aromatic heterocycles. The molecule has 0 aliphatic heterocycles. The van der Waals surface area contributed by atoms with Gasteiger partial charge in [-0.2, -0.15) is 0 Å². The number of hydrogen-bond donors (Lipinski definition) is 1. The molecule has 0 saturated heterocycles. The molecule has 1 amide bonds. The Hall–Kier alpha value is -4.39. The minimum Gasteiger partial charge on any atom is -0.453 e. The normalized spacial score (nSPS) is 12.9. The topological polar surface area (TPSA) is 107 Å². The minimum atomic E-state index is -1.17. The van der Waals surface area contributed by atoms with Crippen LogP contribution < -0.4 is 5.32 Å². The van der Waals surface area contributed by atoms with Crippen LogP contribution in [0.3, 0.4) is 0 Å². The van der Waals surface area contributed by atoms with Gasteiger partial charge in [0.25, 0.3) is 5.91 Å². The third kappa shape index (κ3) is 4.94. The zero-order chi connectivity index (χ0) is 25.1. The second-order valence-electron chi connectivity index (χ2n) is 8.34. The molecule has 1 aliphatic carbocycles. The van der Waals surface area contributed by atoms with Crippen molar-refractivity contribution in [2.45, 2.75) is 32.8 Å². The summed E-state index contributed by atoms with van der Waals surface area (Å²) in [6.07, 6.45) is -1.39. The van der Waals surface area contributed by atoms with Crippen LogP contribution in [0, 0.1) is 6.92 Å². The Bertz CT molecular complexity index is 1360. The Morgan fingerprint density at radius 2 is 1.43 bits per heavy atom. The number of carbonyl (C=O) groups excluding carboxylic acids is 5. The number of fused-ring (bicyclic) bond motifs is 2. The van der Waals surface area contributed by atoms with E-state index in [0.29, 0.717) is 11.1 Å². The van der Waals surface area contributed by atoms with Crippen LogP contribution in [0.15, 0.2) is 66.7 Å². The molecular formula is C28H23NO6. The predicted octanol–water partition coefficient (Wildman–Crippen LogP) is 4.30. The highest BCUT2D eigenvalue weighted by Crippen LogP contribution is 2.32. The van der Waals surface area contributed by atoms with Crippen LogP contribution in [-0.2, 0) is 14.3 Å². The zero-order valence-corrected chi connectivity index (χ0v) is 19.3. The summed E-state index contributed by atoms with van der Waals surface area (Å²) in [5.41, 5.74) is 2.58. The minimum absolute atomic E-state index is 0.0432. The summed E-state index contributed by atoms with van der Waals surface area (Å²) in [5, 5.41) is 2.60. The molecule has 35 heavy (non-hydrogen) atoms. The van der Waals surface area contributed by atoms with Crippen molar-refractivity contribution in [1.29, 1.82) is 0 Å². The lowest BCUT2D eigenvalue weighted by Gasteiger charge is -2.21. The first-order valence-corrected chi connectivity index (χ1v) is 11.2. The summed E-state index contributed by atoms with van der Waals surface area (Å²) in [6, 6.07) is 18.2. The fraction of sp³-hybridized carbons (Fsp3) is 0.179. The van der Waals surface area contributed by atoms with Crippen molar-refractivity contribution < 1.29 is 28.7 Å². The monoisotopic (exact) mass is 469 g/mol. The molecule has 0 bridgehead atoms. The molecule has 0 heterocycles. The number of aryl methyl sites for hydroxylation is 1. The number of nitrogens with one attached hydrogen (secondary N) is 1.